The molecule has 0 unspecified atom stereocenters. The fourth-order valence-electron chi connectivity index (χ4n) is 2.73. The third-order valence-corrected chi connectivity index (χ3v) is 3.95. The number of anilines is 5. The van der Waals surface area contributed by atoms with E-state index in [1.807, 2.05) is 37.3 Å². The number of rotatable bonds is 5. The summed E-state index contributed by atoms with van der Waals surface area (Å²) in [7, 11) is 0. The zero-order valence-electron chi connectivity index (χ0n) is 15.9. The van der Waals surface area contributed by atoms with E-state index in [-0.39, 0.29) is 5.91 Å². The van der Waals surface area contributed by atoms with Crippen molar-refractivity contribution in [2.45, 2.75) is 27.7 Å². The van der Waals surface area contributed by atoms with Gasteiger partial charge in [-0.2, -0.15) is 0 Å². The van der Waals surface area contributed by atoms with Crippen LogP contribution in [-0.4, -0.2) is 15.9 Å². The first-order valence-electron chi connectivity index (χ1n) is 8.74. The van der Waals surface area contributed by atoms with Crippen molar-refractivity contribution < 1.29 is 4.79 Å². The molecule has 0 spiro atoms. The van der Waals surface area contributed by atoms with E-state index in [1.54, 1.807) is 0 Å². The highest BCUT2D eigenvalue weighted by Gasteiger charge is 2.06. The summed E-state index contributed by atoms with van der Waals surface area (Å²) >= 11 is 0. The van der Waals surface area contributed by atoms with Crippen LogP contribution < -0.4 is 16.0 Å². The number of aryl methyl sites for hydroxylation is 3. The van der Waals surface area contributed by atoms with Crippen molar-refractivity contribution in [3.8, 4) is 0 Å². The van der Waals surface area contributed by atoms with Crippen LogP contribution in [0.1, 0.15) is 23.9 Å². The van der Waals surface area contributed by atoms with Crippen LogP contribution in [0.2, 0.25) is 0 Å². The largest absolute Gasteiger partial charge is 0.340 e. The van der Waals surface area contributed by atoms with Gasteiger partial charge in [-0.25, -0.2) is 9.97 Å². The lowest BCUT2D eigenvalue weighted by Crippen LogP contribution is -2.06. The molecule has 1 heterocycles. The molecule has 0 saturated heterocycles. The predicted molar refractivity (Wildman–Crippen MR) is 110 cm³/mol. The Morgan fingerprint density at radius 3 is 2.30 bits per heavy atom. The average molecular weight is 361 g/mol. The van der Waals surface area contributed by atoms with Crippen molar-refractivity contribution in [2.75, 3.05) is 16.0 Å². The first-order chi connectivity index (χ1) is 12.9. The predicted octanol–water partition coefficient (Wildman–Crippen LogP) is 4.85. The van der Waals surface area contributed by atoms with Crippen LogP contribution in [0.15, 0.2) is 48.5 Å². The minimum absolute atomic E-state index is 0.106. The molecular weight excluding hydrogens is 338 g/mol. The van der Waals surface area contributed by atoms with E-state index in [0.29, 0.717) is 11.6 Å². The molecule has 6 nitrogen and oxygen atoms in total. The molecule has 3 N–H and O–H groups in total. The van der Waals surface area contributed by atoms with E-state index in [4.69, 9.17) is 0 Å². The molecule has 0 fully saturated rings. The summed E-state index contributed by atoms with van der Waals surface area (Å²) in [6, 6.07) is 15.6. The number of amides is 1. The summed E-state index contributed by atoms with van der Waals surface area (Å²) in [5.41, 5.74) is 4.91. The van der Waals surface area contributed by atoms with Gasteiger partial charge >= 0.3 is 0 Å². The van der Waals surface area contributed by atoms with Crippen molar-refractivity contribution in [3.63, 3.8) is 0 Å². The lowest BCUT2D eigenvalue weighted by molar-refractivity contribution is -0.114. The van der Waals surface area contributed by atoms with Gasteiger partial charge in [0.25, 0.3) is 0 Å². The number of carbonyl (C=O) groups excluding carboxylic acids is 1. The second-order valence-electron chi connectivity index (χ2n) is 6.52. The van der Waals surface area contributed by atoms with E-state index < -0.39 is 0 Å². The number of carbonyl (C=O) groups is 1. The van der Waals surface area contributed by atoms with Crippen molar-refractivity contribution in [1.82, 2.24) is 9.97 Å². The van der Waals surface area contributed by atoms with Crippen molar-refractivity contribution >= 4 is 34.6 Å². The minimum Gasteiger partial charge on any atom is -0.340 e. The SMILES string of the molecule is CC(=O)Nc1cccc(Nc2cc(Nc3cc(C)ccc3C)nc(C)n2)c1. The second-order valence-corrected chi connectivity index (χ2v) is 6.52. The Morgan fingerprint density at radius 2 is 1.56 bits per heavy atom. The van der Waals surface area contributed by atoms with Gasteiger partial charge in [0.2, 0.25) is 5.91 Å². The Labute approximate surface area is 159 Å². The third-order valence-electron chi connectivity index (χ3n) is 3.95. The minimum atomic E-state index is -0.106. The molecule has 0 saturated carbocycles. The molecule has 2 aromatic carbocycles. The maximum Gasteiger partial charge on any atom is 0.221 e. The molecule has 1 aromatic heterocycles. The lowest BCUT2D eigenvalue weighted by Gasteiger charge is -2.13. The fourth-order valence-corrected chi connectivity index (χ4v) is 2.73. The van der Waals surface area contributed by atoms with E-state index in [0.717, 1.165) is 28.4 Å². The Bertz CT molecular complexity index is 984. The van der Waals surface area contributed by atoms with Gasteiger partial charge in [-0.15, -0.1) is 0 Å². The van der Waals surface area contributed by atoms with Gasteiger partial charge < -0.3 is 16.0 Å². The summed E-state index contributed by atoms with van der Waals surface area (Å²) in [6.45, 7) is 7.46. The average Bonchev–Trinajstić information content (AvgIpc) is 2.57. The lowest BCUT2D eigenvalue weighted by atomic mass is 10.1. The number of nitrogens with one attached hydrogen (secondary N) is 3. The second kappa shape index (κ2) is 7.86. The summed E-state index contributed by atoms with van der Waals surface area (Å²) in [5.74, 6) is 1.95. The molecule has 138 valence electrons. The van der Waals surface area contributed by atoms with Gasteiger partial charge in [-0.1, -0.05) is 18.2 Å². The van der Waals surface area contributed by atoms with Gasteiger partial charge in [-0.05, 0) is 56.2 Å². The van der Waals surface area contributed by atoms with Gasteiger partial charge in [0.1, 0.15) is 17.5 Å². The van der Waals surface area contributed by atoms with Crippen molar-refractivity contribution in [1.29, 1.82) is 0 Å². The number of hydrogen-bond donors (Lipinski definition) is 3. The van der Waals surface area contributed by atoms with E-state index in [1.165, 1.54) is 12.5 Å². The van der Waals surface area contributed by atoms with Crippen LogP contribution in [0.3, 0.4) is 0 Å². The van der Waals surface area contributed by atoms with Crippen LogP contribution in [0.5, 0.6) is 0 Å². The molecule has 27 heavy (non-hydrogen) atoms. The van der Waals surface area contributed by atoms with E-state index >= 15 is 0 Å². The molecule has 3 aromatic rings. The Kier molecular flexibility index (Phi) is 5.35. The summed E-state index contributed by atoms with van der Waals surface area (Å²) < 4.78 is 0. The molecule has 3 rings (SSSR count). The number of benzene rings is 2. The molecular formula is C21H23N5O. The van der Waals surface area contributed by atoms with E-state index in [9.17, 15) is 4.79 Å². The molecule has 0 aliphatic carbocycles. The van der Waals surface area contributed by atoms with Crippen LogP contribution in [-0.2, 0) is 4.79 Å². The first-order valence-corrected chi connectivity index (χ1v) is 8.74. The summed E-state index contributed by atoms with van der Waals surface area (Å²) in [6.07, 6.45) is 0. The van der Waals surface area contributed by atoms with Gasteiger partial charge in [-0.3, -0.25) is 4.79 Å². The fraction of sp³-hybridized carbons (Fsp3) is 0.190. The summed E-state index contributed by atoms with van der Waals surface area (Å²) in [4.78, 5) is 20.2. The smallest absolute Gasteiger partial charge is 0.221 e. The maximum absolute atomic E-state index is 11.2. The third kappa shape index (κ3) is 5.04. The highest BCUT2D eigenvalue weighted by atomic mass is 16.1. The Morgan fingerprint density at radius 1 is 0.852 bits per heavy atom. The van der Waals surface area contributed by atoms with Crippen LogP contribution in [0, 0.1) is 20.8 Å². The standard InChI is InChI=1S/C21H23N5O/c1-13-8-9-14(2)19(10-13)26-21-12-20(22-15(3)23-21)25-18-7-5-6-17(11-18)24-16(4)27/h5-12H,1-4H3,(H,24,27)(H2,22,23,25,26). The Balaban J connectivity index is 1.83. The monoisotopic (exact) mass is 361 g/mol. The van der Waals surface area contributed by atoms with Crippen LogP contribution >= 0.6 is 0 Å². The number of hydrogen-bond acceptors (Lipinski definition) is 5. The van der Waals surface area contributed by atoms with Crippen LogP contribution in [0.4, 0.5) is 28.7 Å². The molecule has 0 aliphatic rings. The first kappa shape index (κ1) is 18.4. The van der Waals surface area contributed by atoms with Crippen LogP contribution in [0.25, 0.3) is 0 Å². The maximum atomic E-state index is 11.2. The zero-order chi connectivity index (χ0) is 19.4. The Hall–Kier alpha value is -3.41. The molecule has 6 heteroatoms. The molecule has 0 radical (unpaired) electrons. The van der Waals surface area contributed by atoms with Gasteiger partial charge in [0.15, 0.2) is 0 Å². The van der Waals surface area contributed by atoms with Gasteiger partial charge in [0.05, 0.1) is 0 Å². The molecule has 0 atom stereocenters. The van der Waals surface area contributed by atoms with Crippen molar-refractivity contribution in [2.24, 2.45) is 0 Å². The number of aromatic nitrogens is 2. The number of nitrogens with zero attached hydrogens (tertiary/aromatic N) is 2. The topological polar surface area (TPSA) is 78.9 Å². The molecule has 0 bridgehead atoms. The zero-order valence-corrected chi connectivity index (χ0v) is 15.9. The normalized spacial score (nSPS) is 10.4. The highest BCUT2D eigenvalue weighted by molar-refractivity contribution is 5.89. The quantitative estimate of drug-likeness (QED) is 0.605. The molecule has 0 aliphatic heterocycles. The highest BCUT2D eigenvalue weighted by Crippen LogP contribution is 2.24. The van der Waals surface area contributed by atoms with Gasteiger partial charge in [0, 0.05) is 30.1 Å². The van der Waals surface area contributed by atoms with E-state index in [2.05, 4.69) is 58.0 Å². The summed E-state index contributed by atoms with van der Waals surface area (Å²) in [5, 5.41) is 9.41. The van der Waals surface area contributed by atoms with Crippen molar-refractivity contribution in [3.05, 3.63) is 65.5 Å². The molecule has 1 amide bonds.